The summed E-state index contributed by atoms with van der Waals surface area (Å²) in [5.74, 6) is -0.834. The third-order valence-corrected chi connectivity index (χ3v) is 1.61. The van der Waals surface area contributed by atoms with E-state index in [1.165, 1.54) is 14.2 Å². The largest absolute Gasteiger partial charge is 0.469 e. The Labute approximate surface area is 86.6 Å². The smallest absolute Gasteiger partial charge is 0.308 e. The van der Waals surface area contributed by atoms with Crippen molar-refractivity contribution in [2.24, 2.45) is 5.92 Å². The molecule has 0 aliphatic heterocycles. The summed E-state index contributed by atoms with van der Waals surface area (Å²) in [6.45, 7) is 1.72. The van der Waals surface area contributed by atoms with Crippen LogP contribution in [0.2, 0.25) is 0 Å². The summed E-state index contributed by atoms with van der Waals surface area (Å²) >= 11 is 0. The van der Waals surface area contributed by atoms with Gasteiger partial charge in [0.1, 0.15) is 0 Å². The summed E-state index contributed by atoms with van der Waals surface area (Å²) in [4.78, 5) is 21.5. The van der Waals surface area contributed by atoms with Crippen molar-refractivity contribution in [1.29, 1.82) is 0 Å². The van der Waals surface area contributed by atoms with E-state index in [9.17, 15) is 9.59 Å². The summed E-state index contributed by atoms with van der Waals surface area (Å²) in [6, 6.07) is 0. The van der Waals surface area contributed by atoms with Gasteiger partial charge in [-0.3, -0.25) is 9.59 Å². The van der Waals surface area contributed by atoms with Crippen LogP contribution in [0.15, 0.2) is 0 Å². The minimum atomic E-state index is -0.300. The number of esters is 2. The van der Waals surface area contributed by atoms with Gasteiger partial charge in [-0.25, -0.2) is 0 Å². The second kappa shape index (κ2) is 10.0. The van der Waals surface area contributed by atoms with Gasteiger partial charge in [0.2, 0.25) is 0 Å². The third-order valence-electron chi connectivity index (χ3n) is 1.61. The lowest BCUT2D eigenvalue weighted by atomic mass is 10.1. The average molecular weight is 206 g/mol. The number of carbonyl (C=O) groups is 2. The van der Waals surface area contributed by atoms with Crippen LogP contribution in [-0.4, -0.2) is 26.2 Å². The van der Waals surface area contributed by atoms with E-state index in [-0.39, 0.29) is 39.1 Å². The van der Waals surface area contributed by atoms with E-state index in [1.807, 2.05) is 0 Å². The van der Waals surface area contributed by atoms with E-state index < -0.39 is 0 Å². The molecule has 0 aromatic rings. The van der Waals surface area contributed by atoms with Gasteiger partial charge in [-0.15, -0.1) is 0 Å². The minimum Gasteiger partial charge on any atom is -0.469 e. The van der Waals surface area contributed by atoms with Crippen LogP contribution in [0.1, 0.15) is 34.6 Å². The number of hydrogen-bond acceptors (Lipinski definition) is 4. The van der Waals surface area contributed by atoms with E-state index >= 15 is 0 Å². The van der Waals surface area contributed by atoms with Gasteiger partial charge in [0, 0.05) is 6.42 Å². The topological polar surface area (TPSA) is 52.6 Å². The van der Waals surface area contributed by atoms with Crippen molar-refractivity contribution in [2.45, 2.75) is 34.6 Å². The highest BCUT2D eigenvalue weighted by molar-refractivity contribution is 5.74. The number of methoxy groups -OCH3 is 2. The molecule has 0 N–H and O–H groups in total. The predicted molar refractivity (Wildman–Crippen MR) is 55.9 cm³/mol. The Morgan fingerprint density at radius 1 is 1.14 bits per heavy atom. The molecule has 0 rings (SSSR count). The maximum absolute atomic E-state index is 10.8. The molecule has 0 spiro atoms. The Balaban J connectivity index is -0.000000605. The highest BCUT2D eigenvalue weighted by Crippen LogP contribution is 2.07. The van der Waals surface area contributed by atoms with Gasteiger partial charge in [0.15, 0.2) is 0 Å². The van der Waals surface area contributed by atoms with Crippen molar-refractivity contribution in [1.82, 2.24) is 0 Å². The van der Waals surface area contributed by atoms with Gasteiger partial charge < -0.3 is 9.47 Å². The molecule has 0 bridgehead atoms. The van der Waals surface area contributed by atoms with Crippen molar-refractivity contribution in [3.63, 3.8) is 0 Å². The molecule has 1 unspecified atom stereocenters. The standard InChI is InChI=1S/C8H14O4.2CH4/c1-6(8(10)12-3)4-5-7(9)11-2;;/h6H,4-5H2,1-3H3;2*1H4. The first-order valence-electron chi connectivity index (χ1n) is 3.76. The van der Waals surface area contributed by atoms with Gasteiger partial charge in [-0.05, 0) is 6.42 Å². The fourth-order valence-corrected chi connectivity index (χ4v) is 0.755. The number of rotatable bonds is 4. The Kier molecular flexibility index (Phi) is 13.4. The van der Waals surface area contributed by atoms with Crippen LogP contribution in [0, 0.1) is 5.92 Å². The maximum atomic E-state index is 10.8. The molecular formula is C10H22O4. The van der Waals surface area contributed by atoms with E-state index in [0.717, 1.165) is 0 Å². The van der Waals surface area contributed by atoms with Crippen LogP contribution in [0.25, 0.3) is 0 Å². The summed E-state index contributed by atoms with van der Waals surface area (Å²) in [5, 5.41) is 0. The van der Waals surface area contributed by atoms with Crippen LogP contribution < -0.4 is 0 Å². The third kappa shape index (κ3) is 7.58. The maximum Gasteiger partial charge on any atom is 0.308 e. The van der Waals surface area contributed by atoms with E-state index in [4.69, 9.17) is 0 Å². The van der Waals surface area contributed by atoms with Crippen LogP contribution in [0.3, 0.4) is 0 Å². The molecule has 0 amide bonds. The minimum absolute atomic E-state index is 0. The summed E-state index contributed by atoms with van der Waals surface area (Å²) in [6.07, 6.45) is 0.728. The molecule has 1 atom stereocenters. The van der Waals surface area contributed by atoms with Gasteiger partial charge in [0.25, 0.3) is 0 Å². The van der Waals surface area contributed by atoms with Crippen molar-refractivity contribution < 1.29 is 19.1 Å². The fraction of sp³-hybridized carbons (Fsp3) is 0.800. The van der Waals surface area contributed by atoms with Gasteiger partial charge in [0.05, 0.1) is 20.1 Å². The summed E-state index contributed by atoms with van der Waals surface area (Å²) in [7, 11) is 2.65. The molecule has 86 valence electrons. The number of ether oxygens (including phenoxy) is 2. The predicted octanol–water partition coefficient (Wildman–Crippen LogP) is 2.02. The number of hydrogen-bond donors (Lipinski definition) is 0. The molecule has 0 aromatic carbocycles. The van der Waals surface area contributed by atoms with E-state index in [0.29, 0.717) is 6.42 Å². The molecule has 0 aromatic heterocycles. The molecule has 0 saturated carbocycles. The first kappa shape index (κ1) is 18.7. The first-order valence-corrected chi connectivity index (χ1v) is 3.76. The Hall–Kier alpha value is -1.06. The summed E-state index contributed by atoms with van der Waals surface area (Å²) < 4.78 is 8.91. The molecule has 0 aliphatic rings. The average Bonchev–Trinajstić information content (AvgIpc) is 2.11. The van der Waals surface area contributed by atoms with Gasteiger partial charge in [-0.2, -0.15) is 0 Å². The zero-order valence-corrected chi connectivity index (χ0v) is 7.62. The first-order chi connectivity index (χ1) is 5.61. The molecule has 0 saturated heterocycles. The Morgan fingerprint density at radius 3 is 2.00 bits per heavy atom. The quantitative estimate of drug-likeness (QED) is 0.660. The normalized spacial score (nSPS) is 10.2. The van der Waals surface area contributed by atoms with Crippen molar-refractivity contribution in [3.8, 4) is 0 Å². The Bertz CT molecular complexity index is 166. The van der Waals surface area contributed by atoms with Crippen LogP contribution in [0.5, 0.6) is 0 Å². The molecule has 4 nitrogen and oxygen atoms in total. The highest BCUT2D eigenvalue weighted by Gasteiger charge is 2.14. The van der Waals surface area contributed by atoms with Crippen molar-refractivity contribution in [2.75, 3.05) is 14.2 Å². The van der Waals surface area contributed by atoms with Gasteiger partial charge in [-0.1, -0.05) is 21.8 Å². The van der Waals surface area contributed by atoms with Crippen molar-refractivity contribution >= 4 is 11.9 Å². The summed E-state index contributed by atoms with van der Waals surface area (Å²) in [5.41, 5.74) is 0. The second-order valence-corrected chi connectivity index (χ2v) is 2.54. The molecule has 0 fully saturated rings. The van der Waals surface area contributed by atoms with E-state index in [2.05, 4.69) is 9.47 Å². The molecule has 0 heterocycles. The van der Waals surface area contributed by atoms with Crippen LogP contribution >= 0.6 is 0 Å². The molecular weight excluding hydrogens is 184 g/mol. The lowest BCUT2D eigenvalue weighted by Crippen LogP contribution is -2.14. The van der Waals surface area contributed by atoms with Crippen molar-refractivity contribution in [3.05, 3.63) is 0 Å². The molecule has 0 radical (unpaired) electrons. The van der Waals surface area contributed by atoms with Crippen LogP contribution in [-0.2, 0) is 19.1 Å². The molecule has 0 aliphatic carbocycles. The zero-order chi connectivity index (χ0) is 9.56. The zero-order valence-electron chi connectivity index (χ0n) is 7.62. The molecule has 14 heavy (non-hydrogen) atoms. The van der Waals surface area contributed by atoms with Gasteiger partial charge >= 0.3 is 11.9 Å². The van der Waals surface area contributed by atoms with Crippen LogP contribution in [0.4, 0.5) is 0 Å². The lowest BCUT2D eigenvalue weighted by Gasteiger charge is -2.06. The number of carbonyl (C=O) groups excluding carboxylic acids is 2. The lowest BCUT2D eigenvalue weighted by molar-refractivity contribution is -0.146. The highest BCUT2D eigenvalue weighted by atomic mass is 16.5. The molecule has 4 heteroatoms. The fourth-order valence-electron chi connectivity index (χ4n) is 0.755. The second-order valence-electron chi connectivity index (χ2n) is 2.54. The monoisotopic (exact) mass is 206 g/mol. The Morgan fingerprint density at radius 2 is 1.64 bits per heavy atom. The van der Waals surface area contributed by atoms with E-state index in [1.54, 1.807) is 6.92 Å². The SMILES string of the molecule is C.C.COC(=O)CCC(C)C(=O)OC.